The maximum atomic E-state index is 11.8. The number of carbonyl (C=O) groups is 1. The molecule has 2 N–H and O–H groups in total. The van der Waals surface area contributed by atoms with Crippen molar-refractivity contribution in [3.63, 3.8) is 0 Å². The van der Waals surface area contributed by atoms with Gasteiger partial charge in [-0.1, -0.05) is 13.8 Å². The third-order valence-corrected chi connectivity index (χ3v) is 3.45. The van der Waals surface area contributed by atoms with Crippen molar-refractivity contribution >= 4 is 28.5 Å². The minimum absolute atomic E-state index is 0.00221. The molecule has 1 aromatic heterocycles. The number of hydrogen-bond acceptors (Lipinski definition) is 3. The molecule has 104 valence electrons. The summed E-state index contributed by atoms with van der Waals surface area (Å²) in [5.41, 5.74) is 7.43. The van der Waals surface area contributed by atoms with E-state index in [-0.39, 0.29) is 11.8 Å². The molecule has 0 bridgehead atoms. The van der Waals surface area contributed by atoms with Crippen LogP contribution in [0, 0.1) is 17.2 Å². The van der Waals surface area contributed by atoms with Gasteiger partial charge in [0.25, 0.3) is 0 Å². The van der Waals surface area contributed by atoms with E-state index < -0.39 is 11.9 Å². The fourth-order valence-corrected chi connectivity index (χ4v) is 2.56. The van der Waals surface area contributed by atoms with E-state index in [9.17, 15) is 4.79 Å². The highest BCUT2D eigenvalue weighted by Gasteiger charge is 2.26. The summed E-state index contributed by atoms with van der Waals surface area (Å²) < 4.78 is 1.75. The van der Waals surface area contributed by atoms with Crippen LogP contribution in [-0.2, 0) is 10.7 Å². The molecular formula is C14H15ClN4O. The number of carbonyl (C=O) groups excluding carboxylic acids is 1. The monoisotopic (exact) mass is 290 g/mol. The molecule has 1 atom stereocenters. The number of hydrogen-bond donors (Lipinski definition) is 1. The van der Waals surface area contributed by atoms with E-state index in [2.05, 4.69) is 11.1 Å². The van der Waals surface area contributed by atoms with Crippen LogP contribution in [0.4, 0.5) is 0 Å². The Hall–Kier alpha value is -2.06. The van der Waals surface area contributed by atoms with Gasteiger partial charge in [0.1, 0.15) is 11.9 Å². The number of rotatable bonds is 4. The van der Waals surface area contributed by atoms with Gasteiger partial charge in [0.2, 0.25) is 5.91 Å². The fourth-order valence-electron chi connectivity index (χ4n) is 2.37. The molecule has 0 saturated carbocycles. The summed E-state index contributed by atoms with van der Waals surface area (Å²) in [6, 6.07) is 6.68. The standard InChI is InChI=1S/C14H15ClN4O/c1-8(2)13(14(17)20)19-11-5-9(7-16)3-4-10(11)18-12(19)6-15/h3-5,8,13H,6H2,1-2H3,(H2,17,20). The van der Waals surface area contributed by atoms with Gasteiger partial charge in [-0.2, -0.15) is 5.26 Å². The summed E-state index contributed by atoms with van der Waals surface area (Å²) in [5.74, 6) is 0.312. The number of amides is 1. The molecular weight excluding hydrogens is 276 g/mol. The topological polar surface area (TPSA) is 84.7 Å². The van der Waals surface area contributed by atoms with Crippen molar-refractivity contribution in [3.05, 3.63) is 29.6 Å². The highest BCUT2D eigenvalue weighted by molar-refractivity contribution is 6.17. The van der Waals surface area contributed by atoms with Gasteiger partial charge >= 0.3 is 0 Å². The van der Waals surface area contributed by atoms with Crippen molar-refractivity contribution < 1.29 is 4.79 Å². The lowest BCUT2D eigenvalue weighted by Gasteiger charge is -2.21. The molecule has 0 fully saturated rings. The summed E-state index contributed by atoms with van der Waals surface area (Å²) >= 11 is 5.93. The minimum atomic E-state index is -0.539. The van der Waals surface area contributed by atoms with E-state index in [1.54, 1.807) is 22.8 Å². The van der Waals surface area contributed by atoms with Crippen LogP contribution < -0.4 is 5.73 Å². The Kier molecular flexibility index (Phi) is 3.96. The molecule has 2 rings (SSSR count). The zero-order chi connectivity index (χ0) is 14.9. The summed E-state index contributed by atoms with van der Waals surface area (Å²) in [7, 11) is 0. The Morgan fingerprint density at radius 3 is 2.75 bits per heavy atom. The number of halogens is 1. The normalized spacial score (nSPS) is 12.6. The first-order valence-corrected chi connectivity index (χ1v) is 6.79. The van der Waals surface area contributed by atoms with Gasteiger partial charge in [-0.05, 0) is 24.1 Å². The van der Waals surface area contributed by atoms with E-state index in [1.165, 1.54) is 0 Å². The third kappa shape index (κ3) is 2.35. The van der Waals surface area contributed by atoms with Crippen molar-refractivity contribution in [2.75, 3.05) is 0 Å². The number of aromatic nitrogens is 2. The molecule has 0 aliphatic carbocycles. The van der Waals surface area contributed by atoms with E-state index in [1.807, 2.05) is 13.8 Å². The second-order valence-corrected chi connectivity index (χ2v) is 5.21. The molecule has 5 nitrogen and oxygen atoms in total. The zero-order valence-corrected chi connectivity index (χ0v) is 12.1. The number of imidazole rings is 1. The van der Waals surface area contributed by atoms with Gasteiger partial charge in [0.15, 0.2) is 0 Å². The van der Waals surface area contributed by atoms with Crippen LogP contribution >= 0.6 is 11.6 Å². The predicted molar refractivity (Wildman–Crippen MR) is 77.1 cm³/mol. The van der Waals surface area contributed by atoms with E-state index >= 15 is 0 Å². The SMILES string of the molecule is CC(C)C(C(N)=O)n1c(CCl)nc2ccc(C#N)cc21. The molecule has 0 saturated heterocycles. The van der Waals surface area contributed by atoms with Gasteiger partial charge in [0.05, 0.1) is 28.5 Å². The Morgan fingerprint density at radius 1 is 1.55 bits per heavy atom. The summed E-state index contributed by atoms with van der Waals surface area (Å²) in [6.07, 6.45) is 0. The lowest BCUT2D eigenvalue weighted by Crippen LogP contribution is -2.31. The summed E-state index contributed by atoms with van der Waals surface area (Å²) in [6.45, 7) is 3.82. The molecule has 1 heterocycles. The Morgan fingerprint density at radius 2 is 2.25 bits per heavy atom. The Labute approximate surface area is 122 Å². The van der Waals surface area contributed by atoms with Crippen LogP contribution in [0.5, 0.6) is 0 Å². The Bertz CT molecular complexity index is 699. The highest BCUT2D eigenvalue weighted by Crippen LogP contribution is 2.27. The predicted octanol–water partition coefficient (Wildman–Crippen LogP) is 2.33. The van der Waals surface area contributed by atoms with Crippen molar-refractivity contribution in [2.24, 2.45) is 11.7 Å². The van der Waals surface area contributed by atoms with Crippen molar-refractivity contribution in [1.82, 2.24) is 9.55 Å². The maximum absolute atomic E-state index is 11.8. The van der Waals surface area contributed by atoms with Gasteiger partial charge in [-0.3, -0.25) is 4.79 Å². The molecule has 6 heteroatoms. The zero-order valence-electron chi connectivity index (χ0n) is 11.3. The number of alkyl halides is 1. The van der Waals surface area contributed by atoms with Crippen molar-refractivity contribution in [2.45, 2.75) is 25.8 Å². The molecule has 2 aromatic rings. The fraction of sp³-hybridized carbons (Fsp3) is 0.357. The highest BCUT2D eigenvalue weighted by atomic mass is 35.5. The van der Waals surface area contributed by atoms with Crippen molar-refractivity contribution in [3.8, 4) is 6.07 Å². The van der Waals surface area contributed by atoms with E-state index in [4.69, 9.17) is 22.6 Å². The minimum Gasteiger partial charge on any atom is -0.368 e. The molecule has 0 aliphatic rings. The lowest BCUT2D eigenvalue weighted by molar-refractivity contribution is -0.122. The van der Waals surface area contributed by atoms with Gasteiger partial charge in [-0.15, -0.1) is 11.6 Å². The molecule has 1 amide bonds. The van der Waals surface area contributed by atoms with Crippen LogP contribution in [0.25, 0.3) is 11.0 Å². The average molecular weight is 291 g/mol. The largest absolute Gasteiger partial charge is 0.368 e. The maximum Gasteiger partial charge on any atom is 0.240 e. The van der Waals surface area contributed by atoms with E-state index in [0.717, 1.165) is 0 Å². The quantitative estimate of drug-likeness (QED) is 0.877. The summed E-state index contributed by atoms with van der Waals surface area (Å²) in [4.78, 5) is 16.2. The number of nitriles is 1. The van der Waals surface area contributed by atoms with Gasteiger partial charge < -0.3 is 10.3 Å². The Balaban J connectivity index is 2.77. The molecule has 0 radical (unpaired) electrons. The van der Waals surface area contributed by atoms with Crippen LogP contribution in [0.15, 0.2) is 18.2 Å². The number of nitrogens with zero attached hydrogens (tertiary/aromatic N) is 3. The smallest absolute Gasteiger partial charge is 0.240 e. The van der Waals surface area contributed by atoms with Crippen LogP contribution in [0.1, 0.15) is 31.3 Å². The molecule has 20 heavy (non-hydrogen) atoms. The second kappa shape index (κ2) is 5.51. The molecule has 0 aliphatic heterocycles. The van der Waals surface area contributed by atoms with Crippen molar-refractivity contribution in [1.29, 1.82) is 5.26 Å². The first kappa shape index (κ1) is 14.4. The lowest BCUT2D eigenvalue weighted by atomic mass is 10.0. The molecule has 1 aromatic carbocycles. The third-order valence-electron chi connectivity index (χ3n) is 3.21. The number of benzene rings is 1. The van der Waals surface area contributed by atoms with E-state index in [0.29, 0.717) is 22.4 Å². The number of fused-ring (bicyclic) bond motifs is 1. The average Bonchev–Trinajstić information content (AvgIpc) is 2.76. The van der Waals surface area contributed by atoms with Gasteiger partial charge in [0, 0.05) is 0 Å². The number of primary amides is 1. The second-order valence-electron chi connectivity index (χ2n) is 4.94. The van der Waals surface area contributed by atoms with Crippen LogP contribution in [-0.4, -0.2) is 15.5 Å². The van der Waals surface area contributed by atoms with Crippen LogP contribution in [0.3, 0.4) is 0 Å². The molecule has 0 spiro atoms. The van der Waals surface area contributed by atoms with Crippen LogP contribution in [0.2, 0.25) is 0 Å². The van der Waals surface area contributed by atoms with Gasteiger partial charge in [-0.25, -0.2) is 4.98 Å². The molecule has 1 unspecified atom stereocenters. The first-order chi connectivity index (χ1) is 9.49. The number of nitrogens with two attached hydrogens (primary N) is 1. The summed E-state index contributed by atoms with van der Waals surface area (Å²) in [5, 5.41) is 9.01. The first-order valence-electron chi connectivity index (χ1n) is 6.25.